The largest absolute Gasteiger partial charge is 0.388 e. The van der Waals surface area contributed by atoms with Gasteiger partial charge in [0, 0.05) is 24.2 Å². The molecule has 3 aromatic carbocycles. The van der Waals surface area contributed by atoms with Crippen molar-refractivity contribution in [1.82, 2.24) is 0 Å². The third-order valence-electron chi connectivity index (χ3n) is 5.14. The van der Waals surface area contributed by atoms with Crippen LogP contribution in [0.25, 0.3) is 0 Å². The molecule has 3 aromatic rings. The topological polar surface area (TPSA) is 75.4 Å². The van der Waals surface area contributed by atoms with E-state index in [0.717, 1.165) is 5.56 Å². The average molecular weight is 408 g/mol. The van der Waals surface area contributed by atoms with Crippen molar-refractivity contribution in [3.63, 3.8) is 0 Å². The summed E-state index contributed by atoms with van der Waals surface area (Å²) in [6, 6.07) is 19.9. The number of aliphatic hydroxyl groups is 1. The minimum atomic E-state index is -0.800. The number of hydrogen-bond donors (Lipinski definition) is 2. The van der Waals surface area contributed by atoms with Gasteiger partial charge in [-0.1, -0.05) is 50.2 Å². The van der Waals surface area contributed by atoms with Crippen LogP contribution in [0.1, 0.15) is 55.0 Å². The smallest absolute Gasteiger partial charge is 0.269 e. The fourth-order valence-corrected chi connectivity index (χ4v) is 3.32. The van der Waals surface area contributed by atoms with Crippen LogP contribution in [0.4, 0.5) is 15.8 Å². The summed E-state index contributed by atoms with van der Waals surface area (Å²) in [5.74, 6) is 0.0562. The fraction of sp³-hybridized carbons (Fsp3) is 0.250. The van der Waals surface area contributed by atoms with Crippen molar-refractivity contribution in [2.75, 3.05) is 5.32 Å². The van der Waals surface area contributed by atoms with Crippen LogP contribution in [0.3, 0.4) is 0 Å². The SMILES string of the molecule is CC(C)c1ccc(C(CC(O)c2ccc(F)cc2)Nc2ccc([N+](=O)[O-])cc2)cc1. The van der Waals surface area contributed by atoms with Gasteiger partial charge in [0.05, 0.1) is 17.1 Å². The summed E-state index contributed by atoms with van der Waals surface area (Å²) in [5, 5.41) is 25.0. The predicted octanol–water partition coefficient (Wildman–Crippen LogP) is 6.13. The third-order valence-corrected chi connectivity index (χ3v) is 5.14. The standard InChI is InChI=1S/C24H25FN2O3/c1-16(2)17-3-5-18(6-4-17)23(15-24(28)19-7-9-20(25)10-8-19)26-21-11-13-22(14-12-21)27(29)30/h3-14,16,23-24,26,28H,15H2,1-2H3. The predicted molar refractivity (Wildman–Crippen MR) is 116 cm³/mol. The Kier molecular flexibility index (Phi) is 6.79. The average Bonchev–Trinajstić information content (AvgIpc) is 2.74. The highest BCUT2D eigenvalue weighted by molar-refractivity contribution is 5.50. The first-order chi connectivity index (χ1) is 14.3. The number of halogens is 1. The third kappa shape index (κ3) is 5.42. The molecule has 0 radical (unpaired) electrons. The zero-order valence-corrected chi connectivity index (χ0v) is 17.0. The van der Waals surface area contributed by atoms with Crippen molar-refractivity contribution < 1.29 is 14.4 Å². The zero-order valence-electron chi connectivity index (χ0n) is 17.0. The molecule has 0 aliphatic heterocycles. The van der Waals surface area contributed by atoms with Crippen molar-refractivity contribution in [3.05, 3.63) is 105 Å². The van der Waals surface area contributed by atoms with Crippen molar-refractivity contribution >= 4 is 11.4 Å². The minimum Gasteiger partial charge on any atom is -0.388 e. The zero-order chi connectivity index (χ0) is 21.7. The molecule has 0 bridgehead atoms. The summed E-state index contributed by atoms with van der Waals surface area (Å²) >= 11 is 0. The van der Waals surface area contributed by atoms with Gasteiger partial charge in [-0.2, -0.15) is 0 Å². The van der Waals surface area contributed by atoms with E-state index >= 15 is 0 Å². The maximum absolute atomic E-state index is 13.2. The maximum atomic E-state index is 13.2. The Bertz CT molecular complexity index is 971. The lowest BCUT2D eigenvalue weighted by Gasteiger charge is -2.24. The van der Waals surface area contributed by atoms with Gasteiger partial charge in [-0.25, -0.2) is 4.39 Å². The van der Waals surface area contributed by atoms with Gasteiger partial charge in [0.1, 0.15) is 5.82 Å². The van der Waals surface area contributed by atoms with Gasteiger partial charge in [0.25, 0.3) is 5.69 Å². The lowest BCUT2D eigenvalue weighted by molar-refractivity contribution is -0.384. The second kappa shape index (κ2) is 9.50. The number of non-ortho nitro benzene ring substituents is 1. The molecular weight excluding hydrogens is 383 g/mol. The van der Waals surface area contributed by atoms with Crippen LogP contribution in [0.5, 0.6) is 0 Å². The van der Waals surface area contributed by atoms with Crippen LogP contribution in [-0.4, -0.2) is 10.0 Å². The van der Waals surface area contributed by atoms with E-state index in [1.807, 2.05) is 12.1 Å². The number of benzene rings is 3. The number of nitro benzene ring substituents is 1. The second-order valence-corrected chi connectivity index (χ2v) is 7.63. The van der Waals surface area contributed by atoms with Crippen molar-refractivity contribution in [1.29, 1.82) is 0 Å². The quantitative estimate of drug-likeness (QED) is 0.347. The molecular formula is C24H25FN2O3. The monoisotopic (exact) mass is 408 g/mol. The first-order valence-corrected chi connectivity index (χ1v) is 9.88. The molecule has 0 fully saturated rings. The van der Waals surface area contributed by atoms with E-state index in [9.17, 15) is 19.6 Å². The van der Waals surface area contributed by atoms with E-state index in [1.54, 1.807) is 24.3 Å². The number of rotatable bonds is 8. The highest BCUT2D eigenvalue weighted by Crippen LogP contribution is 2.31. The number of hydrogen-bond acceptors (Lipinski definition) is 4. The molecule has 5 nitrogen and oxygen atoms in total. The number of nitrogens with zero attached hydrogens (tertiary/aromatic N) is 1. The van der Waals surface area contributed by atoms with E-state index in [0.29, 0.717) is 23.6 Å². The first kappa shape index (κ1) is 21.5. The minimum absolute atomic E-state index is 0.0183. The molecule has 0 saturated carbocycles. The van der Waals surface area contributed by atoms with Crippen LogP contribution in [-0.2, 0) is 0 Å². The van der Waals surface area contributed by atoms with Crippen LogP contribution >= 0.6 is 0 Å². The Labute approximate surface area is 175 Å². The van der Waals surface area contributed by atoms with Crippen molar-refractivity contribution in [3.8, 4) is 0 Å². The fourth-order valence-electron chi connectivity index (χ4n) is 3.32. The molecule has 0 aromatic heterocycles. The van der Waals surface area contributed by atoms with Crippen molar-refractivity contribution in [2.24, 2.45) is 0 Å². The summed E-state index contributed by atoms with van der Waals surface area (Å²) in [6.07, 6.45) is -0.449. The van der Waals surface area contributed by atoms with Crippen LogP contribution < -0.4 is 5.32 Å². The molecule has 0 heterocycles. The van der Waals surface area contributed by atoms with Crippen molar-refractivity contribution in [2.45, 2.75) is 38.3 Å². The highest BCUT2D eigenvalue weighted by atomic mass is 19.1. The maximum Gasteiger partial charge on any atom is 0.269 e. The molecule has 6 heteroatoms. The number of anilines is 1. The number of aliphatic hydroxyl groups excluding tert-OH is 1. The van der Waals surface area contributed by atoms with E-state index in [1.165, 1.54) is 29.8 Å². The molecule has 0 spiro atoms. The number of nitro groups is 1. The summed E-state index contributed by atoms with van der Waals surface area (Å²) in [5.41, 5.74) is 3.56. The van der Waals surface area contributed by atoms with Gasteiger partial charge in [0.15, 0.2) is 0 Å². The molecule has 0 aliphatic carbocycles. The molecule has 2 unspecified atom stereocenters. The summed E-state index contributed by atoms with van der Waals surface area (Å²) in [4.78, 5) is 10.5. The second-order valence-electron chi connectivity index (χ2n) is 7.63. The molecule has 2 N–H and O–H groups in total. The molecule has 3 rings (SSSR count). The Balaban J connectivity index is 1.85. The molecule has 2 atom stereocenters. The summed E-state index contributed by atoms with van der Waals surface area (Å²) in [7, 11) is 0. The van der Waals surface area contributed by atoms with E-state index in [4.69, 9.17) is 0 Å². The molecule has 30 heavy (non-hydrogen) atoms. The molecule has 156 valence electrons. The highest BCUT2D eigenvalue weighted by Gasteiger charge is 2.19. The van der Waals surface area contributed by atoms with Gasteiger partial charge in [-0.15, -0.1) is 0 Å². The Hall–Kier alpha value is -3.25. The number of nitrogens with one attached hydrogen (secondary N) is 1. The Morgan fingerprint density at radius 2 is 1.43 bits per heavy atom. The van der Waals surface area contributed by atoms with Gasteiger partial charge in [0.2, 0.25) is 0 Å². The lowest BCUT2D eigenvalue weighted by atomic mass is 9.94. The summed E-state index contributed by atoms with van der Waals surface area (Å²) < 4.78 is 13.2. The van der Waals surface area contributed by atoms with Gasteiger partial charge in [-0.05, 0) is 46.9 Å². The van der Waals surface area contributed by atoms with Crippen LogP contribution in [0.15, 0.2) is 72.8 Å². The molecule has 0 saturated heterocycles. The lowest BCUT2D eigenvalue weighted by Crippen LogP contribution is -2.15. The van der Waals surface area contributed by atoms with Gasteiger partial charge >= 0.3 is 0 Å². The van der Waals surface area contributed by atoms with Gasteiger partial charge in [-0.3, -0.25) is 10.1 Å². The van der Waals surface area contributed by atoms with Crippen LogP contribution in [0.2, 0.25) is 0 Å². The molecule has 0 amide bonds. The first-order valence-electron chi connectivity index (χ1n) is 9.88. The normalized spacial score (nSPS) is 13.1. The van der Waals surface area contributed by atoms with Gasteiger partial charge < -0.3 is 10.4 Å². The van der Waals surface area contributed by atoms with E-state index in [-0.39, 0.29) is 17.5 Å². The Morgan fingerprint density at radius 1 is 0.900 bits per heavy atom. The van der Waals surface area contributed by atoms with Crippen LogP contribution in [0, 0.1) is 15.9 Å². The van der Waals surface area contributed by atoms with E-state index < -0.39 is 11.0 Å². The van der Waals surface area contributed by atoms with E-state index in [2.05, 4.69) is 31.3 Å². The summed E-state index contributed by atoms with van der Waals surface area (Å²) in [6.45, 7) is 4.25. The molecule has 0 aliphatic rings. The Morgan fingerprint density at radius 3 is 1.97 bits per heavy atom.